The van der Waals surface area contributed by atoms with Gasteiger partial charge in [0.15, 0.2) is 0 Å². The molecule has 2 aromatic carbocycles. The van der Waals surface area contributed by atoms with E-state index in [1.165, 1.54) is 0 Å². The molecule has 1 unspecified atom stereocenters. The maximum atomic E-state index is 6.37. The van der Waals surface area contributed by atoms with Crippen molar-refractivity contribution in [2.45, 2.75) is 6.04 Å². The van der Waals surface area contributed by atoms with E-state index in [0.29, 0.717) is 5.02 Å². The molecule has 0 spiro atoms. The van der Waals surface area contributed by atoms with Gasteiger partial charge < -0.3 is 10.5 Å². The first kappa shape index (κ1) is 15.1. The molecule has 0 aromatic heterocycles. The summed E-state index contributed by atoms with van der Waals surface area (Å²) in [5.74, 6) is 0.770. The maximum Gasteiger partial charge on any atom is 0.124 e. The van der Waals surface area contributed by atoms with E-state index in [0.717, 1.165) is 24.9 Å². The Kier molecular flexibility index (Phi) is 5.11. The average molecular weight is 453 g/mol. The van der Waals surface area contributed by atoms with E-state index in [-0.39, 0.29) is 6.04 Å². The third-order valence-corrected chi connectivity index (χ3v) is 4.53. The van der Waals surface area contributed by atoms with Gasteiger partial charge in [0.1, 0.15) is 5.75 Å². The van der Waals surface area contributed by atoms with Crippen LogP contribution in [0.1, 0.15) is 17.2 Å². The standard InChI is InChI=1S/C14H12BrClINO/c1-19-13-5-2-8(15)6-11(13)14(18)10-7-9(16)3-4-12(10)17/h2-7,14H,18H2,1H3. The lowest BCUT2D eigenvalue weighted by molar-refractivity contribution is 0.407. The highest BCUT2D eigenvalue weighted by Gasteiger charge is 2.17. The van der Waals surface area contributed by atoms with E-state index in [1.54, 1.807) is 7.11 Å². The van der Waals surface area contributed by atoms with Crippen LogP contribution in [0.5, 0.6) is 5.75 Å². The van der Waals surface area contributed by atoms with Crippen molar-refractivity contribution in [3.63, 3.8) is 0 Å². The number of benzene rings is 2. The number of ether oxygens (including phenoxy) is 1. The highest BCUT2D eigenvalue weighted by atomic mass is 127. The molecule has 19 heavy (non-hydrogen) atoms. The predicted octanol–water partition coefficient (Wildman–Crippen LogP) is 4.76. The fraction of sp³-hybridized carbons (Fsp3) is 0.143. The van der Waals surface area contributed by atoms with Gasteiger partial charge in [-0.25, -0.2) is 0 Å². The molecule has 0 amide bonds. The fourth-order valence-corrected chi connectivity index (χ4v) is 3.10. The van der Waals surface area contributed by atoms with Crippen LogP contribution in [0.4, 0.5) is 0 Å². The van der Waals surface area contributed by atoms with Crippen LogP contribution < -0.4 is 10.5 Å². The summed E-state index contributed by atoms with van der Waals surface area (Å²) in [4.78, 5) is 0. The Hall–Kier alpha value is -0.300. The zero-order chi connectivity index (χ0) is 14.0. The minimum atomic E-state index is -0.280. The molecule has 0 aliphatic carbocycles. The van der Waals surface area contributed by atoms with Crippen molar-refractivity contribution in [2.24, 2.45) is 5.73 Å². The van der Waals surface area contributed by atoms with Crippen LogP contribution in [0.15, 0.2) is 40.9 Å². The van der Waals surface area contributed by atoms with Gasteiger partial charge in [-0.2, -0.15) is 0 Å². The van der Waals surface area contributed by atoms with Crippen molar-refractivity contribution in [1.82, 2.24) is 0 Å². The highest BCUT2D eigenvalue weighted by molar-refractivity contribution is 14.1. The van der Waals surface area contributed by atoms with E-state index < -0.39 is 0 Å². The lowest BCUT2D eigenvalue weighted by Crippen LogP contribution is -2.14. The fourth-order valence-electron chi connectivity index (χ4n) is 1.87. The molecule has 0 bridgehead atoms. The first-order valence-corrected chi connectivity index (χ1v) is 7.82. The third-order valence-electron chi connectivity index (χ3n) is 2.82. The average Bonchev–Trinajstić information content (AvgIpc) is 2.40. The highest BCUT2D eigenvalue weighted by Crippen LogP contribution is 2.33. The molecule has 0 heterocycles. The smallest absolute Gasteiger partial charge is 0.124 e. The number of halogens is 3. The Morgan fingerprint density at radius 3 is 2.63 bits per heavy atom. The van der Waals surface area contributed by atoms with E-state index in [4.69, 9.17) is 22.1 Å². The second-order valence-electron chi connectivity index (χ2n) is 4.03. The molecule has 2 nitrogen and oxygen atoms in total. The molecule has 1 atom stereocenters. The Balaban J connectivity index is 2.51. The van der Waals surface area contributed by atoms with Crippen LogP contribution >= 0.6 is 50.1 Å². The Labute approximate surface area is 139 Å². The number of methoxy groups -OCH3 is 1. The van der Waals surface area contributed by atoms with Gasteiger partial charge in [-0.15, -0.1) is 0 Å². The minimum absolute atomic E-state index is 0.280. The molecule has 0 aliphatic heterocycles. The number of hydrogen-bond donors (Lipinski definition) is 1. The molecule has 0 saturated carbocycles. The zero-order valence-corrected chi connectivity index (χ0v) is 14.7. The van der Waals surface area contributed by atoms with Crippen molar-refractivity contribution in [2.75, 3.05) is 7.11 Å². The summed E-state index contributed by atoms with van der Waals surface area (Å²) in [6.45, 7) is 0. The van der Waals surface area contributed by atoms with Gasteiger partial charge in [0.25, 0.3) is 0 Å². The molecule has 5 heteroatoms. The zero-order valence-electron chi connectivity index (χ0n) is 10.2. The summed E-state index contributed by atoms with van der Waals surface area (Å²) in [5, 5.41) is 0.680. The minimum Gasteiger partial charge on any atom is -0.496 e. The van der Waals surface area contributed by atoms with Gasteiger partial charge in [0, 0.05) is 18.6 Å². The van der Waals surface area contributed by atoms with Gasteiger partial charge in [-0.3, -0.25) is 0 Å². The van der Waals surface area contributed by atoms with Crippen LogP contribution in [-0.4, -0.2) is 7.11 Å². The summed E-state index contributed by atoms with van der Waals surface area (Å²) in [6.07, 6.45) is 0. The summed E-state index contributed by atoms with van der Waals surface area (Å²) in [6, 6.07) is 11.2. The van der Waals surface area contributed by atoms with Crippen molar-refractivity contribution in [3.8, 4) is 5.75 Å². The monoisotopic (exact) mass is 451 g/mol. The van der Waals surface area contributed by atoms with Gasteiger partial charge in [-0.1, -0.05) is 27.5 Å². The van der Waals surface area contributed by atoms with E-state index in [2.05, 4.69) is 38.5 Å². The van der Waals surface area contributed by atoms with Crippen molar-refractivity contribution in [1.29, 1.82) is 0 Å². The SMILES string of the molecule is COc1ccc(Br)cc1C(N)c1cc(Cl)ccc1I. The van der Waals surface area contributed by atoms with Gasteiger partial charge in [0.2, 0.25) is 0 Å². The van der Waals surface area contributed by atoms with Crippen molar-refractivity contribution < 1.29 is 4.74 Å². The van der Waals surface area contributed by atoms with Crippen LogP contribution in [-0.2, 0) is 0 Å². The van der Waals surface area contributed by atoms with E-state index in [1.807, 2.05) is 36.4 Å². The number of rotatable bonds is 3. The second kappa shape index (κ2) is 6.43. The normalized spacial score (nSPS) is 12.3. The summed E-state index contributed by atoms with van der Waals surface area (Å²) in [7, 11) is 1.64. The molecule has 2 aromatic rings. The molecule has 2 rings (SSSR count). The van der Waals surface area contributed by atoms with Crippen LogP contribution in [0.25, 0.3) is 0 Å². The molecule has 2 N–H and O–H groups in total. The summed E-state index contributed by atoms with van der Waals surface area (Å²) < 4.78 is 7.43. The molecule has 0 saturated heterocycles. The predicted molar refractivity (Wildman–Crippen MR) is 90.9 cm³/mol. The van der Waals surface area contributed by atoms with Crippen molar-refractivity contribution in [3.05, 3.63) is 60.6 Å². The molecular formula is C14H12BrClINO. The molecule has 100 valence electrons. The Bertz CT molecular complexity index is 606. The largest absolute Gasteiger partial charge is 0.496 e. The summed E-state index contributed by atoms with van der Waals surface area (Å²) in [5.41, 5.74) is 8.29. The van der Waals surface area contributed by atoms with E-state index in [9.17, 15) is 0 Å². The van der Waals surface area contributed by atoms with Crippen LogP contribution in [0.3, 0.4) is 0 Å². The molecule has 0 aliphatic rings. The first-order valence-electron chi connectivity index (χ1n) is 5.57. The van der Waals surface area contributed by atoms with Gasteiger partial charge in [0.05, 0.1) is 13.2 Å². The topological polar surface area (TPSA) is 35.2 Å². The number of hydrogen-bond acceptors (Lipinski definition) is 2. The lowest BCUT2D eigenvalue weighted by atomic mass is 9.99. The molecular weight excluding hydrogens is 440 g/mol. The van der Waals surface area contributed by atoms with Gasteiger partial charge in [-0.05, 0) is 64.6 Å². The van der Waals surface area contributed by atoms with Crippen LogP contribution in [0, 0.1) is 3.57 Å². The van der Waals surface area contributed by atoms with Crippen molar-refractivity contribution >= 4 is 50.1 Å². The molecule has 0 fully saturated rings. The molecule has 0 radical (unpaired) electrons. The maximum absolute atomic E-state index is 6.37. The Morgan fingerprint density at radius 2 is 1.95 bits per heavy atom. The first-order chi connectivity index (χ1) is 9.02. The van der Waals surface area contributed by atoms with E-state index >= 15 is 0 Å². The van der Waals surface area contributed by atoms with Crippen LogP contribution in [0.2, 0.25) is 5.02 Å². The quantitative estimate of drug-likeness (QED) is 0.682. The Morgan fingerprint density at radius 1 is 1.21 bits per heavy atom. The lowest BCUT2D eigenvalue weighted by Gasteiger charge is -2.18. The van der Waals surface area contributed by atoms with Gasteiger partial charge >= 0.3 is 0 Å². The third kappa shape index (κ3) is 3.42. The summed E-state index contributed by atoms with van der Waals surface area (Å²) >= 11 is 11.8. The second-order valence-corrected chi connectivity index (χ2v) is 6.54. The number of nitrogens with two attached hydrogens (primary N) is 1.